The molecule has 124 valence electrons. The fourth-order valence-corrected chi connectivity index (χ4v) is 4.13. The van der Waals surface area contributed by atoms with Crippen LogP contribution in [0.15, 0.2) is 11.4 Å². The highest BCUT2D eigenvalue weighted by Gasteiger charge is 2.36. The molecule has 5 heteroatoms. The van der Waals surface area contributed by atoms with Crippen LogP contribution in [0.2, 0.25) is 0 Å². The number of rotatable bonds is 7. The summed E-state index contributed by atoms with van der Waals surface area (Å²) in [4.78, 5) is 15.9. The fraction of sp³-hybridized carbons (Fsp3) is 0.706. The highest BCUT2D eigenvalue weighted by Crippen LogP contribution is 2.34. The van der Waals surface area contributed by atoms with Gasteiger partial charge in [0.15, 0.2) is 0 Å². The Hall–Kier alpha value is -0.910. The summed E-state index contributed by atoms with van der Waals surface area (Å²) in [6.07, 6.45) is 4.84. The second kappa shape index (κ2) is 8.09. The van der Waals surface area contributed by atoms with E-state index in [0.717, 1.165) is 44.2 Å². The van der Waals surface area contributed by atoms with Crippen LogP contribution in [0, 0.1) is 5.41 Å². The molecule has 2 heterocycles. The van der Waals surface area contributed by atoms with E-state index < -0.39 is 0 Å². The number of hydrogen-bond acceptors (Lipinski definition) is 4. The van der Waals surface area contributed by atoms with Crippen molar-refractivity contribution in [3.63, 3.8) is 0 Å². The third kappa shape index (κ3) is 4.09. The van der Waals surface area contributed by atoms with Gasteiger partial charge in [-0.15, -0.1) is 11.3 Å². The fourth-order valence-electron chi connectivity index (χ4n) is 3.16. The number of methoxy groups -OCH3 is 1. The standard InChI is InChI=1S/C17H27NO3S/c1-3-5-15-10-14(11-22-15)16(20)18-8-4-6-17(12-18,13-19)7-9-21-2/h10-11,19H,3-9,12-13H2,1-2H3/t17-/m1/s1. The average Bonchev–Trinajstić information content (AvgIpc) is 3.01. The summed E-state index contributed by atoms with van der Waals surface area (Å²) >= 11 is 1.67. The summed E-state index contributed by atoms with van der Waals surface area (Å²) in [6, 6.07) is 2.03. The molecular formula is C17H27NO3S. The molecule has 0 aliphatic carbocycles. The van der Waals surface area contributed by atoms with Gasteiger partial charge in [-0.1, -0.05) is 13.3 Å². The van der Waals surface area contributed by atoms with E-state index in [9.17, 15) is 9.90 Å². The zero-order valence-electron chi connectivity index (χ0n) is 13.6. The Balaban J connectivity index is 2.05. The Kier molecular flexibility index (Phi) is 6.41. The Labute approximate surface area is 137 Å². The molecule has 22 heavy (non-hydrogen) atoms. The van der Waals surface area contributed by atoms with Crippen molar-refractivity contribution in [3.8, 4) is 0 Å². The molecule has 1 fully saturated rings. The first-order valence-corrected chi connectivity index (χ1v) is 8.98. The lowest BCUT2D eigenvalue weighted by Crippen LogP contribution is -2.48. The lowest BCUT2D eigenvalue weighted by atomic mass is 9.78. The molecule has 1 aliphatic heterocycles. The lowest BCUT2D eigenvalue weighted by Gasteiger charge is -2.41. The number of aryl methyl sites for hydroxylation is 1. The zero-order valence-corrected chi connectivity index (χ0v) is 14.5. The maximum atomic E-state index is 12.7. The van der Waals surface area contributed by atoms with Crippen LogP contribution in [-0.2, 0) is 11.2 Å². The summed E-state index contributed by atoms with van der Waals surface area (Å²) < 4.78 is 5.17. The zero-order chi connectivity index (χ0) is 16.0. The minimum Gasteiger partial charge on any atom is -0.396 e. The minimum absolute atomic E-state index is 0.105. The second-order valence-electron chi connectivity index (χ2n) is 6.28. The molecule has 1 N–H and O–H groups in total. The van der Waals surface area contributed by atoms with Gasteiger partial charge in [-0.2, -0.15) is 0 Å². The van der Waals surface area contributed by atoms with Crippen LogP contribution in [-0.4, -0.2) is 49.3 Å². The summed E-state index contributed by atoms with van der Waals surface area (Å²) in [5, 5.41) is 11.8. The third-order valence-corrected chi connectivity index (χ3v) is 5.51. The van der Waals surface area contributed by atoms with Gasteiger partial charge in [0, 0.05) is 42.5 Å². The number of nitrogens with zero attached hydrogens (tertiary/aromatic N) is 1. The Morgan fingerprint density at radius 2 is 2.36 bits per heavy atom. The highest BCUT2D eigenvalue weighted by atomic mass is 32.1. The number of hydrogen-bond donors (Lipinski definition) is 1. The van der Waals surface area contributed by atoms with Crippen molar-refractivity contribution < 1.29 is 14.6 Å². The molecule has 0 spiro atoms. The van der Waals surface area contributed by atoms with Crippen LogP contribution in [0.1, 0.15) is 47.8 Å². The number of ether oxygens (including phenoxy) is 1. The summed E-state index contributed by atoms with van der Waals surface area (Å²) in [5.74, 6) is 0.105. The molecule has 1 saturated heterocycles. The molecule has 0 radical (unpaired) electrons. The van der Waals surface area contributed by atoms with Gasteiger partial charge >= 0.3 is 0 Å². The normalized spacial score (nSPS) is 22.0. The molecule has 1 amide bonds. The summed E-state index contributed by atoms with van der Waals surface area (Å²) in [7, 11) is 1.68. The molecule has 1 aliphatic rings. The molecule has 1 aromatic heterocycles. The number of carbonyl (C=O) groups excluding carboxylic acids is 1. The number of aliphatic hydroxyl groups is 1. The van der Waals surface area contributed by atoms with Crippen molar-refractivity contribution in [2.75, 3.05) is 33.4 Å². The van der Waals surface area contributed by atoms with Crippen molar-refractivity contribution in [2.45, 2.75) is 39.0 Å². The SMILES string of the molecule is CCCc1cc(C(=O)N2CCC[C@@](CO)(CCOC)C2)cs1. The molecule has 0 bridgehead atoms. The molecule has 2 rings (SSSR count). The van der Waals surface area contributed by atoms with Crippen LogP contribution < -0.4 is 0 Å². The molecule has 0 saturated carbocycles. The second-order valence-corrected chi connectivity index (χ2v) is 7.28. The third-order valence-electron chi connectivity index (χ3n) is 4.52. The molecular weight excluding hydrogens is 298 g/mol. The van der Waals surface area contributed by atoms with E-state index in [1.807, 2.05) is 16.3 Å². The van der Waals surface area contributed by atoms with Gasteiger partial charge < -0.3 is 14.7 Å². The van der Waals surface area contributed by atoms with Crippen molar-refractivity contribution in [1.29, 1.82) is 0 Å². The van der Waals surface area contributed by atoms with Crippen molar-refractivity contribution in [1.82, 2.24) is 4.90 Å². The minimum atomic E-state index is -0.202. The van der Waals surface area contributed by atoms with Gasteiger partial charge in [0.25, 0.3) is 5.91 Å². The molecule has 1 atom stereocenters. The van der Waals surface area contributed by atoms with E-state index in [1.165, 1.54) is 4.88 Å². The maximum absolute atomic E-state index is 12.7. The number of amides is 1. The first-order valence-electron chi connectivity index (χ1n) is 8.10. The Morgan fingerprint density at radius 3 is 3.05 bits per heavy atom. The van der Waals surface area contributed by atoms with Gasteiger partial charge in [-0.25, -0.2) is 0 Å². The van der Waals surface area contributed by atoms with E-state index >= 15 is 0 Å². The van der Waals surface area contributed by atoms with Gasteiger partial charge in [0.1, 0.15) is 0 Å². The van der Waals surface area contributed by atoms with Crippen LogP contribution in [0.3, 0.4) is 0 Å². The summed E-state index contributed by atoms with van der Waals surface area (Å²) in [5.41, 5.74) is 0.598. The first kappa shape index (κ1) is 17.4. The lowest BCUT2D eigenvalue weighted by molar-refractivity contribution is 0.00900. The predicted octanol–water partition coefficient (Wildman–Crippen LogP) is 2.95. The topological polar surface area (TPSA) is 49.8 Å². The number of likely N-dealkylation sites (tertiary alicyclic amines) is 1. The number of carbonyl (C=O) groups is 1. The number of thiophene rings is 1. The van der Waals surface area contributed by atoms with E-state index in [-0.39, 0.29) is 17.9 Å². The van der Waals surface area contributed by atoms with Crippen molar-refractivity contribution in [2.24, 2.45) is 5.41 Å². The monoisotopic (exact) mass is 325 g/mol. The van der Waals surface area contributed by atoms with Gasteiger partial charge in [0.2, 0.25) is 0 Å². The van der Waals surface area contributed by atoms with Gasteiger partial charge in [0.05, 0.1) is 12.2 Å². The van der Waals surface area contributed by atoms with E-state index in [0.29, 0.717) is 13.2 Å². The molecule has 0 aromatic carbocycles. The summed E-state index contributed by atoms with van der Waals surface area (Å²) in [6.45, 7) is 4.31. The van der Waals surface area contributed by atoms with Crippen LogP contribution >= 0.6 is 11.3 Å². The van der Waals surface area contributed by atoms with Crippen molar-refractivity contribution in [3.05, 3.63) is 21.9 Å². The largest absolute Gasteiger partial charge is 0.396 e. The maximum Gasteiger partial charge on any atom is 0.254 e. The van der Waals surface area contributed by atoms with Crippen LogP contribution in [0.25, 0.3) is 0 Å². The number of piperidine rings is 1. The highest BCUT2D eigenvalue weighted by molar-refractivity contribution is 7.10. The predicted molar refractivity (Wildman–Crippen MR) is 89.5 cm³/mol. The van der Waals surface area contributed by atoms with Crippen molar-refractivity contribution >= 4 is 17.2 Å². The van der Waals surface area contributed by atoms with Crippen LogP contribution in [0.5, 0.6) is 0 Å². The van der Waals surface area contributed by atoms with E-state index in [2.05, 4.69) is 6.92 Å². The molecule has 4 nitrogen and oxygen atoms in total. The molecule has 0 unspecified atom stereocenters. The van der Waals surface area contributed by atoms with Gasteiger partial charge in [-0.05, 0) is 31.7 Å². The van der Waals surface area contributed by atoms with E-state index in [1.54, 1.807) is 18.4 Å². The average molecular weight is 325 g/mol. The van der Waals surface area contributed by atoms with Gasteiger partial charge in [-0.3, -0.25) is 4.79 Å². The smallest absolute Gasteiger partial charge is 0.254 e. The van der Waals surface area contributed by atoms with Crippen LogP contribution in [0.4, 0.5) is 0 Å². The Morgan fingerprint density at radius 1 is 1.55 bits per heavy atom. The molecule has 1 aromatic rings. The first-order chi connectivity index (χ1) is 10.6. The van der Waals surface area contributed by atoms with E-state index in [4.69, 9.17) is 4.74 Å². The quantitative estimate of drug-likeness (QED) is 0.838. The number of aliphatic hydroxyl groups excluding tert-OH is 1. The Bertz CT molecular complexity index is 488.